The molecule has 0 aromatic heterocycles. The van der Waals surface area contributed by atoms with Crippen molar-refractivity contribution in [1.29, 1.82) is 0 Å². The van der Waals surface area contributed by atoms with Gasteiger partial charge in [0, 0.05) is 6.42 Å². The fourth-order valence-electron chi connectivity index (χ4n) is 3.04. The van der Waals surface area contributed by atoms with E-state index in [0.29, 0.717) is 6.42 Å². The van der Waals surface area contributed by atoms with Gasteiger partial charge < -0.3 is 15.2 Å². The molecule has 27 heavy (non-hydrogen) atoms. The number of ether oxygens (including phenoxy) is 1. The van der Waals surface area contributed by atoms with E-state index in [0.717, 1.165) is 5.56 Å². The molecule has 0 aliphatic rings. The summed E-state index contributed by atoms with van der Waals surface area (Å²) in [5.41, 5.74) is 0.870. The second-order valence-corrected chi connectivity index (χ2v) is 6.98. The molecule has 2 unspecified atom stereocenters. The third-order valence-corrected chi connectivity index (χ3v) is 4.37. The Morgan fingerprint density at radius 3 is 2.30 bits per heavy atom. The summed E-state index contributed by atoms with van der Waals surface area (Å²) in [6.07, 6.45) is 2.35. The highest BCUT2D eigenvalue weighted by Crippen LogP contribution is 2.25. The van der Waals surface area contributed by atoms with Gasteiger partial charge in [-0.15, -0.1) is 6.58 Å². The standard InChI is InChI=1S/C21H29NO5/c1-5-9-16(20(24)25)17(12-14(2)3)19(23)22-18(21(26)27-4)13-15-10-7-6-8-11-15/h5-8,10-11,14,16-18H,1,9,12-13H2,2-4H3,(H,22,23)(H,24,25)/t16?,17?,18-/m0/s1. The molecule has 0 saturated carbocycles. The van der Waals surface area contributed by atoms with Gasteiger partial charge in [0.1, 0.15) is 6.04 Å². The maximum absolute atomic E-state index is 12.9. The van der Waals surface area contributed by atoms with E-state index in [1.807, 2.05) is 44.2 Å². The van der Waals surface area contributed by atoms with E-state index >= 15 is 0 Å². The lowest BCUT2D eigenvalue weighted by Gasteiger charge is -2.26. The van der Waals surface area contributed by atoms with E-state index in [4.69, 9.17) is 4.74 Å². The third kappa shape index (κ3) is 7.25. The van der Waals surface area contributed by atoms with Crippen LogP contribution in [0.15, 0.2) is 43.0 Å². The number of nitrogens with one attached hydrogen (secondary N) is 1. The normalized spacial score (nSPS) is 14.1. The van der Waals surface area contributed by atoms with Crippen molar-refractivity contribution in [3.05, 3.63) is 48.6 Å². The van der Waals surface area contributed by atoms with Crippen molar-refractivity contribution < 1.29 is 24.2 Å². The predicted molar refractivity (Wildman–Crippen MR) is 103 cm³/mol. The smallest absolute Gasteiger partial charge is 0.328 e. The SMILES string of the molecule is C=CCC(C(=O)O)C(CC(C)C)C(=O)N[C@@H](Cc1ccccc1)C(=O)OC. The van der Waals surface area contributed by atoms with Crippen LogP contribution in [0.25, 0.3) is 0 Å². The zero-order valence-corrected chi connectivity index (χ0v) is 16.2. The van der Waals surface area contributed by atoms with Crippen LogP contribution >= 0.6 is 0 Å². The topological polar surface area (TPSA) is 92.7 Å². The zero-order valence-electron chi connectivity index (χ0n) is 16.2. The molecule has 1 aromatic carbocycles. The zero-order chi connectivity index (χ0) is 20.4. The number of rotatable bonds is 11. The Morgan fingerprint density at radius 1 is 1.19 bits per heavy atom. The summed E-state index contributed by atoms with van der Waals surface area (Å²) in [5, 5.41) is 12.2. The van der Waals surface area contributed by atoms with Gasteiger partial charge in [-0.3, -0.25) is 9.59 Å². The number of aliphatic carboxylic acids is 1. The van der Waals surface area contributed by atoms with Crippen molar-refractivity contribution in [3.8, 4) is 0 Å². The number of hydrogen-bond donors (Lipinski definition) is 2. The monoisotopic (exact) mass is 375 g/mol. The van der Waals surface area contributed by atoms with E-state index in [2.05, 4.69) is 11.9 Å². The second-order valence-electron chi connectivity index (χ2n) is 6.98. The summed E-state index contributed by atoms with van der Waals surface area (Å²) in [7, 11) is 1.26. The van der Waals surface area contributed by atoms with Gasteiger partial charge in [-0.1, -0.05) is 50.3 Å². The summed E-state index contributed by atoms with van der Waals surface area (Å²) in [6, 6.07) is 8.38. The third-order valence-electron chi connectivity index (χ3n) is 4.37. The van der Waals surface area contributed by atoms with Gasteiger partial charge in [-0.2, -0.15) is 0 Å². The minimum atomic E-state index is -1.05. The van der Waals surface area contributed by atoms with E-state index in [9.17, 15) is 19.5 Å². The molecule has 6 heteroatoms. The van der Waals surface area contributed by atoms with Crippen LogP contribution in [0.3, 0.4) is 0 Å². The number of esters is 1. The molecule has 6 nitrogen and oxygen atoms in total. The number of carboxylic acid groups (broad SMARTS) is 1. The molecule has 0 aliphatic carbocycles. The maximum Gasteiger partial charge on any atom is 0.328 e. The molecule has 0 heterocycles. The summed E-state index contributed by atoms with van der Waals surface area (Å²) < 4.78 is 4.82. The summed E-state index contributed by atoms with van der Waals surface area (Å²) in [4.78, 5) is 36.7. The van der Waals surface area contributed by atoms with Gasteiger partial charge in [0.25, 0.3) is 0 Å². The molecule has 0 aliphatic heterocycles. The Bertz CT molecular complexity index is 641. The molecule has 1 rings (SSSR count). The Balaban J connectivity index is 3.03. The van der Waals surface area contributed by atoms with Crippen molar-refractivity contribution in [2.24, 2.45) is 17.8 Å². The minimum Gasteiger partial charge on any atom is -0.481 e. The first kappa shape index (κ1) is 22.4. The first-order valence-electron chi connectivity index (χ1n) is 9.05. The molecule has 1 aromatic rings. The van der Waals surface area contributed by atoms with Crippen molar-refractivity contribution in [2.45, 2.75) is 39.2 Å². The average Bonchev–Trinajstić information content (AvgIpc) is 2.63. The van der Waals surface area contributed by atoms with Crippen LogP contribution in [-0.2, 0) is 25.5 Å². The number of benzene rings is 1. The number of carboxylic acids is 1. The second kappa shape index (κ2) is 11.2. The molecule has 0 saturated heterocycles. The summed E-state index contributed by atoms with van der Waals surface area (Å²) >= 11 is 0. The highest BCUT2D eigenvalue weighted by molar-refractivity contribution is 5.88. The molecule has 3 atom stereocenters. The fourth-order valence-corrected chi connectivity index (χ4v) is 3.04. The molecular formula is C21H29NO5. The lowest BCUT2D eigenvalue weighted by molar-refractivity contribution is -0.149. The minimum absolute atomic E-state index is 0.123. The van der Waals surface area contributed by atoms with Crippen LogP contribution in [-0.4, -0.2) is 36.1 Å². The number of methoxy groups -OCH3 is 1. The Kier molecular flexibility index (Phi) is 9.26. The molecule has 0 fully saturated rings. The van der Waals surface area contributed by atoms with Crippen LogP contribution < -0.4 is 5.32 Å². The number of carbonyl (C=O) groups is 3. The van der Waals surface area contributed by atoms with Gasteiger partial charge >= 0.3 is 11.9 Å². The van der Waals surface area contributed by atoms with Gasteiger partial charge in [-0.05, 0) is 24.3 Å². The number of carbonyl (C=O) groups excluding carboxylic acids is 2. The summed E-state index contributed by atoms with van der Waals surface area (Å²) in [6.45, 7) is 7.44. The van der Waals surface area contributed by atoms with Gasteiger partial charge in [0.15, 0.2) is 0 Å². The van der Waals surface area contributed by atoms with Crippen molar-refractivity contribution >= 4 is 17.8 Å². The molecule has 0 radical (unpaired) electrons. The van der Waals surface area contributed by atoms with Gasteiger partial charge in [-0.25, -0.2) is 4.79 Å². The Morgan fingerprint density at radius 2 is 1.81 bits per heavy atom. The van der Waals surface area contributed by atoms with Crippen molar-refractivity contribution in [1.82, 2.24) is 5.32 Å². The summed E-state index contributed by atoms with van der Waals surface area (Å²) in [5.74, 6) is -3.59. The van der Waals surface area contributed by atoms with Crippen LogP contribution in [0.2, 0.25) is 0 Å². The van der Waals surface area contributed by atoms with Crippen molar-refractivity contribution in [2.75, 3.05) is 7.11 Å². The Hall–Kier alpha value is -2.63. The Labute approximate surface area is 160 Å². The van der Waals surface area contributed by atoms with E-state index in [-0.39, 0.29) is 18.8 Å². The first-order valence-corrected chi connectivity index (χ1v) is 9.05. The first-order chi connectivity index (χ1) is 12.8. The van der Waals surface area contributed by atoms with E-state index in [1.165, 1.54) is 13.2 Å². The maximum atomic E-state index is 12.9. The average molecular weight is 375 g/mol. The molecule has 1 amide bonds. The van der Waals surface area contributed by atoms with Crippen molar-refractivity contribution in [3.63, 3.8) is 0 Å². The number of allylic oxidation sites excluding steroid dienone is 1. The number of hydrogen-bond acceptors (Lipinski definition) is 4. The van der Waals surface area contributed by atoms with Crippen LogP contribution in [0.5, 0.6) is 0 Å². The van der Waals surface area contributed by atoms with E-state index in [1.54, 1.807) is 0 Å². The lowest BCUT2D eigenvalue weighted by Crippen LogP contribution is -2.48. The molecular weight excluding hydrogens is 346 g/mol. The highest BCUT2D eigenvalue weighted by atomic mass is 16.5. The van der Waals surface area contributed by atoms with Gasteiger partial charge in [0.05, 0.1) is 18.9 Å². The molecule has 0 spiro atoms. The largest absolute Gasteiger partial charge is 0.481 e. The van der Waals surface area contributed by atoms with E-state index < -0.39 is 35.7 Å². The lowest BCUT2D eigenvalue weighted by atomic mass is 9.82. The predicted octanol–water partition coefficient (Wildman–Crippen LogP) is 2.83. The van der Waals surface area contributed by atoms with Crippen LogP contribution in [0.4, 0.5) is 0 Å². The fraction of sp³-hybridized carbons (Fsp3) is 0.476. The van der Waals surface area contributed by atoms with Gasteiger partial charge in [0.2, 0.25) is 5.91 Å². The molecule has 148 valence electrons. The molecule has 0 bridgehead atoms. The van der Waals surface area contributed by atoms with Crippen LogP contribution in [0, 0.1) is 17.8 Å². The number of amides is 1. The quantitative estimate of drug-likeness (QED) is 0.458. The highest BCUT2D eigenvalue weighted by Gasteiger charge is 2.35. The van der Waals surface area contributed by atoms with Crippen LogP contribution in [0.1, 0.15) is 32.3 Å². The molecule has 2 N–H and O–H groups in total.